The fraction of sp³-hybridized carbons (Fsp3) is 0.143. The van der Waals surface area contributed by atoms with Gasteiger partial charge in [-0.1, -0.05) is 379 Å². The van der Waals surface area contributed by atoms with Gasteiger partial charge in [-0.15, -0.1) is 0 Å². The van der Waals surface area contributed by atoms with Crippen molar-refractivity contribution >= 4 is 63.7 Å². The fourth-order valence-electron chi connectivity index (χ4n) is 16.5. The van der Waals surface area contributed by atoms with Crippen LogP contribution in [0.5, 0.6) is 46.0 Å². The maximum Gasteiger partial charge on any atom is 0.126 e. The third-order valence-corrected chi connectivity index (χ3v) is 24.2. The fourth-order valence-corrected chi connectivity index (χ4v) is 18.7. The molecule has 0 saturated carbocycles. The number of para-hydroxylation sites is 4. The second-order valence-corrected chi connectivity index (χ2v) is 35.1. The van der Waals surface area contributed by atoms with Crippen LogP contribution in [0.1, 0.15) is 134 Å². The van der Waals surface area contributed by atoms with Crippen LogP contribution in [0, 0.1) is 0 Å². The van der Waals surface area contributed by atoms with Crippen LogP contribution in [0.3, 0.4) is 0 Å². The zero-order chi connectivity index (χ0) is 84.2. The van der Waals surface area contributed by atoms with Gasteiger partial charge in [0.05, 0.1) is 0 Å². The Morgan fingerprint density at radius 1 is 0.137 bits per heavy atom. The lowest BCUT2D eigenvalue weighted by Crippen LogP contribution is -2.09. The summed E-state index contributed by atoms with van der Waals surface area (Å²) in [5.74, 6) is 6.96. The number of fused-ring (bicyclic) bond motifs is 16. The van der Waals surface area contributed by atoms with Crippen molar-refractivity contribution in [3.05, 3.63) is 515 Å². The van der Waals surface area contributed by atoms with Crippen LogP contribution in [0.4, 0.5) is 0 Å². The highest BCUT2D eigenvalue weighted by Crippen LogP contribution is 2.46. The molecule has 16 aromatic carbocycles. The van der Waals surface area contributed by atoms with Crippen molar-refractivity contribution in [1.29, 1.82) is 0 Å². The van der Waals surface area contributed by atoms with E-state index >= 15 is 0 Å². The Balaban J connectivity index is 0.000000176. The monoisotopic (exact) mass is 1880 g/mol. The zero-order valence-electron chi connectivity index (χ0n) is 68.7. The van der Waals surface area contributed by atoms with Gasteiger partial charge in [-0.05, 0) is 138 Å². The van der Waals surface area contributed by atoms with Gasteiger partial charge in [0, 0.05) is 114 Å². The van der Waals surface area contributed by atoms with E-state index in [1.165, 1.54) is 0 Å². The smallest absolute Gasteiger partial charge is 0.126 e. The van der Waals surface area contributed by atoms with Gasteiger partial charge < -0.3 is 37.9 Å². The van der Waals surface area contributed by atoms with Gasteiger partial charge in [0.2, 0.25) is 0 Å². The van der Waals surface area contributed by atoms with E-state index in [2.05, 4.69) is 379 Å². The van der Waals surface area contributed by atoms with E-state index in [0.29, 0.717) is 104 Å². The second-order valence-electron chi connectivity index (χ2n) is 31.4. The Morgan fingerprint density at radius 3 is 0.371 bits per heavy atom. The number of ether oxygens (including phenoxy) is 8. The van der Waals surface area contributed by atoms with Gasteiger partial charge in [-0.3, -0.25) is 0 Å². The molecule has 0 heterocycles. The van der Waals surface area contributed by atoms with E-state index in [9.17, 15) is 0 Å². The third kappa shape index (κ3) is 21.9. The minimum Gasteiger partial charge on any atom is -0.488 e. The van der Waals surface area contributed by atoms with Gasteiger partial charge in [-0.25, -0.2) is 0 Å². The average molecular weight is 1890 g/mol. The number of rotatable bonds is 24. The largest absolute Gasteiger partial charge is 0.488 e. The SMILES string of the molecule is Brc1cc2c(OCc3ccccc3)c(c1)Cc1cccc(c1OCc1ccccc1)Cc1cc(Br)cc(c1OCc1ccccc1)Cc1cccc(c1OCc1ccccc1)C2.Brc1cc2c(OCc3ccccc3)c(c1)Cc1cccc(c1OCc1ccccc1)Cc1cc(Br)cc(c1OCc1ccccc1)Cc1cccc(c1OCc1ccccc1)C2. The van der Waals surface area contributed by atoms with Crippen molar-refractivity contribution < 1.29 is 37.9 Å². The molecular formula is C112H92Br4O8. The Morgan fingerprint density at radius 2 is 0.250 bits per heavy atom. The highest BCUT2D eigenvalue weighted by atomic mass is 79.9. The highest BCUT2D eigenvalue weighted by Gasteiger charge is 2.28. The van der Waals surface area contributed by atoms with Crippen LogP contribution >= 0.6 is 63.7 Å². The molecule has 0 aromatic heterocycles. The first-order valence-corrected chi connectivity index (χ1v) is 45.2. The van der Waals surface area contributed by atoms with Crippen LogP contribution in [-0.2, 0) is 104 Å². The Kier molecular flexibility index (Phi) is 28.0. The molecule has 0 unspecified atom stereocenters. The first-order chi connectivity index (χ1) is 61.0. The lowest BCUT2D eigenvalue weighted by Gasteiger charge is -2.23. The van der Waals surface area contributed by atoms with Gasteiger partial charge in [0.15, 0.2) is 0 Å². The molecule has 16 bridgehead atoms. The second kappa shape index (κ2) is 41.3. The molecule has 0 spiro atoms. The minimum atomic E-state index is 0.437. The molecule has 8 nitrogen and oxygen atoms in total. The van der Waals surface area contributed by atoms with Gasteiger partial charge in [0.25, 0.3) is 0 Å². The summed E-state index contributed by atoms with van der Waals surface area (Å²) in [6, 6.07) is 127. The Bertz CT molecular complexity index is 5330. The van der Waals surface area contributed by atoms with Crippen molar-refractivity contribution in [2.24, 2.45) is 0 Å². The zero-order valence-corrected chi connectivity index (χ0v) is 75.1. The summed E-state index contributed by atoms with van der Waals surface area (Å²) in [6.45, 7) is 3.50. The van der Waals surface area contributed by atoms with E-state index in [1.54, 1.807) is 0 Å². The van der Waals surface area contributed by atoms with Crippen molar-refractivity contribution in [1.82, 2.24) is 0 Å². The quantitative estimate of drug-likeness (QED) is 0.0592. The predicted molar refractivity (Wildman–Crippen MR) is 511 cm³/mol. The molecule has 0 atom stereocenters. The lowest BCUT2D eigenvalue weighted by molar-refractivity contribution is 0.293. The number of benzene rings is 16. The van der Waals surface area contributed by atoms with Crippen LogP contribution in [-0.4, -0.2) is 0 Å². The highest BCUT2D eigenvalue weighted by molar-refractivity contribution is 9.11. The molecule has 18 rings (SSSR count). The summed E-state index contributed by atoms with van der Waals surface area (Å²) in [6.07, 6.45) is 4.72. The van der Waals surface area contributed by atoms with Crippen molar-refractivity contribution in [2.75, 3.05) is 0 Å². The maximum atomic E-state index is 6.94. The standard InChI is InChI=1S/2C56H46Br2O4/c2*57-51-31-47-27-43-23-13-24-44(53(43)59-35-39-15-5-1-6-16-39)28-48-32-52(58)34-50(56(48)62-38-42-21-11-4-12-22-42)30-46-26-14-25-45(54(46)60-36-40-17-7-2-8-18-40)29-49(33-51)55(47)61-37-41-19-9-3-10-20-41/h2*1-26,31-34H,27-30,35-38H2. The van der Waals surface area contributed by atoms with Gasteiger partial charge >= 0.3 is 0 Å². The van der Waals surface area contributed by atoms with E-state index in [-0.39, 0.29) is 0 Å². The molecule has 124 heavy (non-hydrogen) atoms. The minimum absolute atomic E-state index is 0.437. The summed E-state index contributed by atoms with van der Waals surface area (Å²) < 4.78 is 59.4. The summed E-state index contributed by atoms with van der Waals surface area (Å²) in [5, 5.41) is 0. The average Bonchev–Trinajstić information content (AvgIpc) is 0.778. The molecule has 0 saturated heterocycles. The molecule has 12 heteroatoms. The molecule has 16 aromatic rings. The summed E-state index contributed by atoms with van der Waals surface area (Å²) in [5.41, 5.74) is 26.0. The molecule has 616 valence electrons. The first kappa shape index (κ1) is 84.1. The van der Waals surface area contributed by atoms with Gasteiger partial charge in [-0.2, -0.15) is 0 Å². The molecule has 2 aliphatic rings. The maximum absolute atomic E-state index is 6.94. The molecule has 0 fully saturated rings. The van der Waals surface area contributed by atoms with Crippen molar-refractivity contribution in [2.45, 2.75) is 104 Å². The molecule has 0 radical (unpaired) electrons. The summed E-state index contributed by atoms with van der Waals surface area (Å²) in [7, 11) is 0. The normalized spacial score (nSPS) is 12.0. The third-order valence-electron chi connectivity index (χ3n) is 22.4. The van der Waals surface area contributed by atoms with Crippen LogP contribution in [0.2, 0.25) is 0 Å². The molecular weight excluding hydrogens is 1790 g/mol. The number of hydrogen-bond donors (Lipinski definition) is 0. The van der Waals surface area contributed by atoms with E-state index in [1.807, 2.05) is 48.5 Å². The topological polar surface area (TPSA) is 73.8 Å². The summed E-state index contributed by atoms with van der Waals surface area (Å²) in [4.78, 5) is 0. The van der Waals surface area contributed by atoms with Crippen molar-refractivity contribution in [3.63, 3.8) is 0 Å². The van der Waals surface area contributed by atoms with E-state index < -0.39 is 0 Å². The molecule has 2 aliphatic carbocycles. The van der Waals surface area contributed by atoms with Crippen LogP contribution in [0.25, 0.3) is 0 Å². The Labute approximate surface area is 760 Å². The molecule has 0 N–H and O–H groups in total. The summed E-state index contributed by atoms with van der Waals surface area (Å²) >= 11 is 15.7. The van der Waals surface area contributed by atoms with Gasteiger partial charge in [0.1, 0.15) is 98.9 Å². The van der Waals surface area contributed by atoms with Crippen LogP contribution < -0.4 is 37.9 Å². The first-order valence-electron chi connectivity index (χ1n) is 42.1. The van der Waals surface area contributed by atoms with E-state index in [4.69, 9.17) is 37.9 Å². The lowest BCUT2D eigenvalue weighted by atomic mass is 9.91. The molecule has 0 aliphatic heterocycles. The predicted octanol–water partition coefficient (Wildman–Crippen LogP) is 28.4. The van der Waals surface area contributed by atoms with E-state index in [0.717, 1.165) is 197 Å². The number of hydrogen-bond acceptors (Lipinski definition) is 8. The Hall–Kier alpha value is -12.2. The van der Waals surface area contributed by atoms with Crippen molar-refractivity contribution in [3.8, 4) is 46.0 Å². The molecule has 0 amide bonds. The van der Waals surface area contributed by atoms with Crippen LogP contribution in [0.15, 0.2) is 382 Å². The number of halogens is 4.